The summed E-state index contributed by atoms with van der Waals surface area (Å²) in [6, 6.07) is 5.04. The van der Waals surface area contributed by atoms with Crippen molar-refractivity contribution in [2.45, 2.75) is 0 Å². The Bertz CT molecular complexity index is 775. The second-order valence-corrected chi connectivity index (χ2v) is 5.13. The van der Waals surface area contributed by atoms with Crippen LogP contribution in [0.5, 0.6) is 0 Å². The van der Waals surface area contributed by atoms with Gasteiger partial charge in [0.1, 0.15) is 6.33 Å². The summed E-state index contributed by atoms with van der Waals surface area (Å²) >= 11 is 17.9. The summed E-state index contributed by atoms with van der Waals surface area (Å²) in [5.74, 6) is 0.614. The molecule has 0 atom stereocenters. The van der Waals surface area contributed by atoms with E-state index in [0.717, 1.165) is 0 Å². The van der Waals surface area contributed by atoms with Gasteiger partial charge in [0.25, 0.3) is 0 Å². The molecule has 2 heterocycles. The Morgan fingerprint density at radius 2 is 1.90 bits per heavy atom. The number of rotatable bonds is 3. The van der Waals surface area contributed by atoms with Crippen molar-refractivity contribution in [2.24, 2.45) is 0 Å². The molecule has 1 N–H and O–H groups in total. The molecule has 9 heteroatoms. The van der Waals surface area contributed by atoms with Gasteiger partial charge < -0.3 is 5.32 Å². The Hall–Kier alpha value is -1.89. The zero-order valence-electron chi connectivity index (χ0n) is 10.3. The number of nitrogens with zero attached hydrogens (tertiary/aromatic N) is 5. The van der Waals surface area contributed by atoms with E-state index in [1.54, 1.807) is 41.5 Å². The average molecular weight is 342 g/mol. The lowest BCUT2D eigenvalue weighted by Crippen LogP contribution is -2.05. The molecule has 0 aliphatic carbocycles. The van der Waals surface area contributed by atoms with Crippen LogP contribution in [0.1, 0.15) is 0 Å². The van der Waals surface area contributed by atoms with E-state index >= 15 is 0 Å². The minimum atomic E-state index is 0.0567. The van der Waals surface area contributed by atoms with Gasteiger partial charge in [0.05, 0.1) is 10.7 Å². The number of imidazole rings is 1. The molecule has 2 aromatic heterocycles. The molecule has 0 aliphatic heterocycles. The summed E-state index contributed by atoms with van der Waals surface area (Å²) in [6.45, 7) is 0. The lowest BCUT2D eigenvalue weighted by atomic mass is 10.3. The molecule has 0 fully saturated rings. The third kappa shape index (κ3) is 3.24. The molecule has 0 bridgehead atoms. The van der Waals surface area contributed by atoms with Crippen LogP contribution in [0.4, 0.5) is 11.6 Å². The zero-order chi connectivity index (χ0) is 14.8. The maximum atomic E-state index is 6.09. The Balaban J connectivity index is 1.95. The fourth-order valence-corrected chi connectivity index (χ4v) is 2.21. The van der Waals surface area contributed by atoms with Gasteiger partial charge in [-0.3, -0.25) is 4.57 Å². The van der Waals surface area contributed by atoms with Crippen LogP contribution in [-0.2, 0) is 0 Å². The van der Waals surface area contributed by atoms with Crippen molar-refractivity contribution < 1.29 is 0 Å². The highest BCUT2D eigenvalue weighted by molar-refractivity contribution is 6.36. The van der Waals surface area contributed by atoms with E-state index in [-0.39, 0.29) is 11.2 Å². The molecular formula is C12H7Cl3N6. The first kappa shape index (κ1) is 14.1. The predicted octanol–water partition coefficient (Wildman–Crippen LogP) is 3.76. The van der Waals surface area contributed by atoms with Crippen molar-refractivity contribution in [1.82, 2.24) is 24.5 Å². The van der Waals surface area contributed by atoms with Crippen molar-refractivity contribution in [1.29, 1.82) is 0 Å². The van der Waals surface area contributed by atoms with E-state index in [0.29, 0.717) is 21.7 Å². The van der Waals surface area contributed by atoms with Crippen LogP contribution in [0.3, 0.4) is 0 Å². The fraction of sp³-hybridized carbons (Fsp3) is 0. The first-order valence-electron chi connectivity index (χ1n) is 5.74. The molecule has 1 aromatic carbocycles. The topological polar surface area (TPSA) is 68.5 Å². The lowest BCUT2D eigenvalue weighted by Gasteiger charge is -2.08. The standard InChI is InChI=1S/C12H7Cl3N6/c13-7-1-2-9(8(14)5-7)17-11-18-10(15)19-12(20-11)21-4-3-16-6-21/h1-6H,(H,17,18,19,20). The quantitative estimate of drug-likeness (QED) is 0.785. The van der Waals surface area contributed by atoms with Gasteiger partial charge in [-0.2, -0.15) is 15.0 Å². The molecule has 106 valence electrons. The minimum absolute atomic E-state index is 0.0567. The number of anilines is 2. The Kier molecular flexibility index (Phi) is 3.92. The van der Waals surface area contributed by atoms with Gasteiger partial charge >= 0.3 is 0 Å². The first-order valence-corrected chi connectivity index (χ1v) is 6.87. The van der Waals surface area contributed by atoms with Crippen molar-refractivity contribution >= 4 is 46.4 Å². The Morgan fingerprint density at radius 3 is 2.62 bits per heavy atom. The fourth-order valence-electron chi connectivity index (χ4n) is 1.60. The number of aromatic nitrogens is 5. The van der Waals surface area contributed by atoms with Gasteiger partial charge in [-0.15, -0.1) is 0 Å². The van der Waals surface area contributed by atoms with E-state index in [1.165, 1.54) is 0 Å². The molecule has 0 saturated carbocycles. The second-order valence-electron chi connectivity index (χ2n) is 3.95. The van der Waals surface area contributed by atoms with E-state index < -0.39 is 0 Å². The highest BCUT2D eigenvalue weighted by Gasteiger charge is 2.09. The first-order chi connectivity index (χ1) is 10.1. The maximum absolute atomic E-state index is 6.09. The van der Waals surface area contributed by atoms with Gasteiger partial charge in [0.2, 0.25) is 17.2 Å². The third-order valence-corrected chi connectivity index (χ3v) is 3.23. The number of nitrogens with one attached hydrogen (secondary N) is 1. The maximum Gasteiger partial charge on any atom is 0.241 e. The summed E-state index contributed by atoms with van der Waals surface area (Å²) < 4.78 is 1.61. The van der Waals surface area contributed by atoms with Gasteiger partial charge in [0.15, 0.2) is 0 Å². The molecule has 0 amide bonds. The van der Waals surface area contributed by atoms with Gasteiger partial charge in [-0.25, -0.2) is 4.98 Å². The molecule has 3 rings (SSSR count). The average Bonchev–Trinajstić information content (AvgIpc) is 2.95. The van der Waals surface area contributed by atoms with Crippen molar-refractivity contribution in [2.75, 3.05) is 5.32 Å². The van der Waals surface area contributed by atoms with Crippen molar-refractivity contribution in [3.63, 3.8) is 0 Å². The monoisotopic (exact) mass is 340 g/mol. The van der Waals surface area contributed by atoms with E-state index in [2.05, 4.69) is 25.3 Å². The summed E-state index contributed by atoms with van der Waals surface area (Å²) in [6.07, 6.45) is 4.87. The highest BCUT2D eigenvalue weighted by Crippen LogP contribution is 2.27. The molecular weight excluding hydrogens is 335 g/mol. The second kappa shape index (κ2) is 5.85. The van der Waals surface area contributed by atoms with Crippen LogP contribution in [0.25, 0.3) is 5.95 Å². The van der Waals surface area contributed by atoms with Crippen molar-refractivity contribution in [3.05, 3.63) is 52.2 Å². The van der Waals surface area contributed by atoms with E-state index in [9.17, 15) is 0 Å². The zero-order valence-corrected chi connectivity index (χ0v) is 12.6. The van der Waals surface area contributed by atoms with E-state index in [1.807, 2.05) is 0 Å². The van der Waals surface area contributed by atoms with Crippen LogP contribution in [0.15, 0.2) is 36.9 Å². The van der Waals surface area contributed by atoms with Crippen molar-refractivity contribution in [3.8, 4) is 5.95 Å². The summed E-state index contributed by atoms with van der Waals surface area (Å²) in [5.41, 5.74) is 0.611. The van der Waals surface area contributed by atoms with Crippen LogP contribution in [0.2, 0.25) is 15.3 Å². The Morgan fingerprint density at radius 1 is 1.05 bits per heavy atom. The molecule has 0 spiro atoms. The predicted molar refractivity (Wildman–Crippen MR) is 81.7 cm³/mol. The molecule has 6 nitrogen and oxygen atoms in total. The molecule has 0 aliphatic rings. The number of halogens is 3. The third-order valence-electron chi connectivity index (χ3n) is 2.51. The summed E-state index contributed by atoms with van der Waals surface area (Å²) in [7, 11) is 0. The Labute approximate surface area is 134 Å². The van der Waals surface area contributed by atoms with E-state index in [4.69, 9.17) is 34.8 Å². The molecule has 3 aromatic rings. The van der Waals surface area contributed by atoms with Crippen LogP contribution in [-0.4, -0.2) is 24.5 Å². The molecule has 0 unspecified atom stereocenters. The largest absolute Gasteiger partial charge is 0.323 e. The number of hydrogen-bond acceptors (Lipinski definition) is 5. The van der Waals surface area contributed by atoms with Gasteiger partial charge in [0, 0.05) is 17.4 Å². The smallest absolute Gasteiger partial charge is 0.241 e. The number of benzene rings is 1. The molecule has 0 radical (unpaired) electrons. The summed E-state index contributed by atoms with van der Waals surface area (Å²) in [4.78, 5) is 16.2. The van der Waals surface area contributed by atoms with Crippen LogP contribution < -0.4 is 5.32 Å². The van der Waals surface area contributed by atoms with Gasteiger partial charge in [-0.05, 0) is 29.8 Å². The van der Waals surface area contributed by atoms with Crippen LogP contribution in [0, 0.1) is 0 Å². The number of hydrogen-bond donors (Lipinski definition) is 1. The lowest BCUT2D eigenvalue weighted by molar-refractivity contribution is 0.899. The van der Waals surface area contributed by atoms with Crippen LogP contribution >= 0.6 is 34.8 Å². The highest BCUT2D eigenvalue weighted by atomic mass is 35.5. The SMILES string of the molecule is Clc1ccc(Nc2nc(Cl)nc(-n3ccnc3)n2)c(Cl)c1. The van der Waals surface area contributed by atoms with Gasteiger partial charge in [-0.1, -0.05) is 23.2 Å². The molecule has 21 heavy (non-hydrogen) atoms. The normalized spacial score (nSPS) is 10.6. The molecule has 0 saturated heterocycles. The minimum Gasteiger partial charge on any atom is -0.323 e. The summed E-state index contributed by atoms with van der Waals surface area (Å²) in [5, 5.41) is 4.02.